The van der Waals surface area contributed by atoms with Crippen LogP contribution in [0.5, 0.6) is 0 Å². The third kappa shape index (κ3) is 9.27. The van der Waals surface area contributed by atoms with E-state index in [0.29, 0.717) is 22.2 Å². The van der Waals surface area contributed by atoms with E-state index in [2.05, 4.69) is 31.5 Å². The van der Waals surface area contributed by atoms with Crippen molar-refractivity contribution in [3.05, 3.63) is 94.6 Å². The highest BCUT2D eigenvalue weighted by molar-refractivity contribution is 9.10. The molecular weight excluding hydrogens is 672 g/mol. The van der Waals surface area contributed by atoms with E-state index in [4.69, 9.17) is 9.57 Å². The first kappa shape index (κ1) is 34.9. The van der Waals surface area contributed by atoms with Crippen molar-refractivity contribution in [3.8, 4) is 0 Å². The number of hydrogen-bond acceptors (Lipinski definition) is 8. The highest BCUT2D eigenvalue weighted by Crippen LogP contribution is 2.32. The second-order valence-electron chi connectivity index (χ2n) is 12.8. The number of ether oxygens (including phenoxy) is 1. The summed E-state index contributed by atoms with van der Waals surface area (Å²) in [6, 6.07) is 20.3. The van der Waals surface area contributed by atoms with Crippen LogP contribution in [0.1, 0.15) is 58.7 Å². The van der Waals surface area contributed by atoms with Crippen LogP contribution < -0.4 is 15.7 Å². The van der Waals surface area contributed by atoms with E-state index >= 15 is 0 Å². The van der Waals surface area contributed by atoms with Gasteiger partial charge in [0, 0.05) is 34.5 Å². The number of amides is 2. The Morgan fingerprint density at radius 1 is 0.935 bits per heavy atom. The Bertz CT molecular complexity index is 1850. The second kappa shape index (κ2) is 13.8. The predicted octanol–water partition coefficient (Wildman–Crippen LogP) is 7.34. The van der Waals surface area contributed by atoms with Gasteiger partial charge in [-0.1, -0.05) is 46.3 Å². The van der Waals surface area contributed by atoms with Gasteiger partial charge in [0.2, 0.25) is 5.91 Å². The molecule has 0 bridgehead atoms. The van der Waals surface area contributed by atoms with E-state index in [-0.39, 0.29) is 23.2 Å². The molecule has 0 saturated heterocycles. The molecule has 10 nitrogen and oxygen atoms in total. The van der Waals surface area contributed by atoms with Crippen LogP contribution in [0.2, 0.25) is 0 Å². The zero-order valence-electron chi connectivity index (χ0n) is 26.9. The highest BCUT2D eigenvalue weighted by Gasteiger charge is 2.31. The van der Waals surface area contributed by atoms with Crippen LogP contribution in [0.15, 0.2) is 88.4 Å². The van der Waals surface area contributed by atoms with Crippen LogP contribution >= 0.6 is 15.9 Å². The first-order valence-corrected chi connectivity index (χ1v) is 17.3. The first-order chi connectivity index (χ1) is 21.4. The van der Waals surface area contributed by atoms with Gasteiger partial charge in [-0.05, 0) is 101 Å². The molecule has 0 spiro atoms. The number of carbonyl (C=O) groups excluding carboxylic acids is 2. The average molecular weight is 712 g/mol. The van der Waals surface area contributed by atoms with Crippen LogP contribution in [0.3, 0.4) is 0 Å². The van der Waals surface area contributed by atoms with Crippen LogP contribution in [0.4, 0.5) is 16.3 Å². The summed E-state index contributed by atoms with van der Waals surface area (Å²) in [6.45, 7) is 10.8. The summed E-state index contributed by atoms with van der Waals surface area (Å²) < 4.78 is 31.0. The maximum absolute atomic E-state index is 13.7. The number of benzene rings is 3. The Hall–Kier alpha value is -4.00. The number of hydroxylamine groups is 1. The standard InChI is InChI=1S/C34H39BrN4O6S/c1-33(2,3)44-32(41)39(45-34(4,5)6)30-27-16-15-26(20-22(27)17-18-36-30)38-29(23-12-10-13-25(35)19-23)31(40)37-21-24-11-8-9-14-28(24)46(7,42)43/h8-20,29,38H,21H2,1-7H3,(H,37,40). The second-order valence-corrected chi connectivity index (χ2v) is 15.7. The van der Waals surface area contributed by atoms with Gasteiger partial charge in [0.1, 0.15) is 11.6 Å². The number of nitrogens with one attached hydrogen (secondary N) is 2. The van der Waals surface area contributed by atoms with Gasteiger partial charge in [0.05, 0.1) is 10.5 Å². The predicted molar refractivity (Wildman–Crippen MR) is 183 cm³/mol. The van der Waals surface area contributed by atoms with Crippen molar-refractivity contribution in [2.24, 2.45) is 0 Å². The Kier molecular flexibility index (Phi) is 10.4. The van der Waals surface area contributed by atoms with E-state index in [1.54, 1.807) is 63.4 Å². The number of pyridine rings is 1. The molecule has 0 fully saturated rings. The summed E-state index contributed by atoms with van der Waals surface area (Å²) in [6.07, 6.45) is 2.01. The number of halogens is 1. The minimum Gasteiger partial charge on any atom is -0.442 e. The monoisotopic (exact) mass is 710 g/mol. The van der Waals surface area contributed by atoms with Crippen molar-refractivity contribution in [2.45, 2.75) is 70.2 Å². The molecule has 1 heterocycles. The lowest BCUT2D eigenvalue weighted by Crippen LogP contribution is -2.42. The molecule has 0 aliphatic rings. The number of sulfone groups is 1. The number of anilines is 2. The molecule has 0 aliphatic heterocycles. The zero-order valence-corrected chi connectivity index (χ0v) is 29.3. The first-order valence-electron chi connectivity index (χ1n) is 14.6. The molecule has 2 N–H and O–H groups in total. The summed E-state index contributed by atoms with van der Waals surface area (Å²) in [5.41, 5.74) is 0.321. The Balaban J connectivity index is 1.68. The molecule has 3 aromatic carbocycles. The van der Waals surface area contributed by atoms with Gasteiger partial charge in [-0.2, -0.15) is 0 Å². The number of carbonyl (C=O) groups is 2. The van der Waals surface area contributed by atoms with Crippen LogP contribution in [-0.2, 0) is 30.8 Å². The normalized spacial score (nSPS) is 12.8. The molecule has 46 heavy (non-hydrogen) atoms. The van der Waals surface area contributed by atoms with E-state index in [9.17, 15) is 18.0 Å². The smallest absolute Gasteiger partial charge is 0.440 e. The average Bonchev–Trinajstić information content (AvgIpc) is 2.95. The summed E-state index contributed by atoms with van der Waals surface area (Å²) in [5, 5.41) is 8.66. The summed E-state index contributed by atoms with van der Waals surface area (Å²) in [7, 11) is -3.48. The number of nitrogens with zero attached hydrogens (tertiary/aromatic N) is 2. The summed E-state index contributed by atoms with van der Waals surface area (Å²) in [4.78, 5) is 37.6. The van der Waals surface area contributed by atoms with Crippen LogP contribution in [0, 0.1) is 0 Å². The Morgan fingerprint density at radius 3 is 2.30 bits per heavy atom. The lowest BCUT2D eigenvalue weighted by Gasteiger charge is -2.31. The number of hydrogen-bond donors (Lipinski definition) is 2. The highest BCUT2D eigenvalue weighted by atomic mass is 79.9. The molecule has 244 valence electrons. The van der Waals surface area contributed by atoms with Gasteiger partial charge in [-0.15, -0.1) is 5.06 Å². The molecule has 0 radical (unpaired) electrons. The van der Waals surface area contributed by atoms with Crippen molar-refractivity contribution < 1.29 is 27.6 Å². The molecule has 2 amide bonds. The Labute approximate surface area is 278 Å². The molecule has 0 saturated carbocycles. The maximum Gasteiger partial charge on any atom is 0.440 e. The van der Waals surface area contributed by atoms with E-state index in [0.717, 1.165) is 21.2 Å². The van der Waals surface area contributed by atoms with Crippen LogP contribution in [0.25, 0.3) is 10.8 Å². The van der Waals surface area contributed by atoms with Crippen molar-refractivity contribution >= 4 is 60.0 Å². The van der Waals surface area contributed by atoms with Crippen molar-refractivity contribution in [1.82, 2.24) is 10.3 Å². The zero-order chi connectivity index (χ0) is 33.9. The van der Waals surface area contributed by atoms with Gasteiger partial charge in [0.15, 0.2) is 15.7 Å². The van der Waals surface area contributed by atoms with Gasteiger partial charge >= 0.3 is 6.09 Å². The third-order valence-corrected chi connectivity index (χ3v) is 8.13. The maximum atomic E-state index is 13.7. The molecule has 12 heteroatoms. The summed E-state index contributed by atoms with van der Waals surface area (Å²) >= 11 is 3.49. The van der Waals surface area contributed by atoms with Gasteiger partial charge < -0.3 is 15.4 Å². The number of fused-ring (bicyclic) bond motifs is 1. The fourth-order valence-corrected chi connectivity index (χ4v) is 5.97. The van der Waals surface area contributed by atoms with Crippen LogP contribution in [-0.4, -0.2) is 42.9 Å². The molecule has 4 aromatic rings. The van der Waals surface area contributed by atoms with E-state index in [1.165, 1.54) is 6.07 Å². The summed E-state index contributed by atoms with van der Waals surface area (Å²) in [5.74, 6) is -0.0920. The minimum absolute atomic E-state index is 0.0231. The molecule has 4 rings (SSSR count). The molecule has 1 aromatic heterocycles. The molecule has 0 aliphatic carbocycles. The van der Waals surface area contributed by atoms with E-state index in [1.807, 2.05) is 51.1 Å². The lowest BCUT2D eigenvalue weighted by molar-refractivity contribution is -0.122. The molecule has 1 unspecified atom stereocenters. The fraction of sp³-hybridized carbons (Fsp3) is 0.324. The van der Waals surface area contributed by atoms with Crippen molar-refractivity contribution in [2.75, 3.05) is 16.6 Å². The Morgan fingerprint density at radius 2 is 1.65 bits per heavy atom. The topological polar surface area (TPSA) is 127 Å². The lowest BCUT2D eigenvalue weighted by atomic mass is 10.0. The molecular formula is C34H39BrN4O6S. The number of rotatable bonds is 9. The number of aromatic nitrogens is 1. The fourth-order valence-electron chi connectivity index (χ4n) is 4.61. The van der Waals surface area contributed by atoms with Crippen molar-refractivity contribution in [1.29, 1.82) is 0 Å². The quantitative estimate of drug-likeness (QED) is 0.173. The van der Waals surface area contributed by atoms with Gasteiger partial charge in [-0.25, -0.2) is 18.2 Å². The third-order valence-electron chi connectivity index (χ3n) is 6.44. The van der Waals surface area contributed by atoms with Gasteiger partial charge in [-0.3, -0.25) is 9.63 Å². The molecule has 1 atom stereocenters. The van der Waals surface area contributed by atoms with Crippen molar-refractivity contribution in [3.63, 3.8) is 0 Å². The SMILES string of the molecule is CC(C)(C)OC(=O)N(OC(C)(C)C)c1nccc2cc(NC(C(=O)NCc3ccccc3S(C)(=O)=O)c3cccc(Br)c3)ccc12. The largest absolute Gasteiger partial charge is 0.442 e. The van der Waals surface area contributed by atoms with Gasteiger partial charge in [0.25, 0.3) is 0 Å². The minimum atomic E-state index is -3.48. The van der Waals surface area contributed by atoms with E-state index < -0.39 is 33.2 Å².